The Morgan fingerprint density at radius 3 is 2.70 bits per heavy atom. The van der Waals surface area contributed by atoms with Crippen LogP contribution >= 0.6 is 0 Å². The van der Waals surface area contributed by atoms with Gasteiger partial charge in [0, 0.05) is 6.42 Å². The van der Waals surface area contributed by atoms with Gasteiger partial charge in [-0.2, -0.15) is 8.42 Å². The van der Waals surface area contributed by atoms with Crippen molar-refractivity contribution in [3.63, 3.8) is 0 Å². The summed E-state index contributed by atoms with van der Waals surface area (Å²) in [5, 5.41) is 0. The minimum absolute atomic E-state index is 0.225. The van der Waals surface area contributed by atoms with Crippen LogP contribution in [0.15, 0.2) is 11.8 Å². The lowest BCUT2D eigenvalue weighted by molar-refractivity contribution is 0.363. The molecule has 58 valence electrons. The molecule has 3 nitrogen and oxygen atoms in total. The summed E-state index contributed by atoms with van der Waals surface area (Å²) >= 11 is 0. The lowest BCUT2D eigenvalue weighted by Crippen LogP contribution is -1.95. The van der Waals surface area contributed by atoms with Gasteiger partial charge in [0.1, 0.15) is 5.76 Å². The molecule has 0 unspecified atom stereocenters. The van der Waals surface area contributed by atoms with E-state index in [1.165, 1.54) is 0 Å². The van der Waals surface area contributed by atoms with Crippen LogP contribution in [0.25, 0.3) is 0 Å². The number of rotatable bonds is 2. The van der Waals surface area contributed by atoms with Crippen LogP contribution in [0, 0.1) is 0 Å². The first kappa shape index (κ1) is 7.53. The van der Waals surface area contributed by atoms with E-state index in [4.69, 9.17) is 0 Å². The van der Waals surface area contributed by atoms with Gasteiger partial charge in [0.15, 0.2) is 0 Å². The second kappa shape index (κ2) is 2.57. The molecule has 0 radical (unpaired) electrons. The Bertz CT molecular complexity index is 242. The zero-order valence-corrected chi connectivity index (χ0v) is 6.03. The molecular weight excluding hydrogens is 159 g/mol. The van der Waals surface area contributed by atoms with Crippen molar-refractivity contribution in [3.05, 3.63) is 11.8 Å². The molecular formula is C5H7FO3S. The van der Waals surface area contributed by atoms with Gasteiger partial charge in [-0.1, -0.05) is 3.89 Å². The first-order valence-electron chi connectivity index (χ1n) is 2.91. The summed E-state index contributed by atoms with van der Waals surface area (Å²) in [6.07, 6.45) is 3.70. The predicted octanol–water partition coefficient (Wildman–Crippen LogP) is 1.29. The molecule has 1 aliphatic carbocycles. The van der Waals surface area contributed by atoms with E-state index in [0.29, 0.717) is 6.42 Å². The molecule has 0 aromatic heterocycles. The summed E-state index contributed by atoms with van der Waals surface area (Å²) in [5.74, 6) is 0.225. The normalized spacial score (nSPS) is 18.7. The van der Waals surface area contributed by atoms with Gasteiger partial charge in [-0.05, 0) is 18.9 Å². The maximum atomic E-state index is 11.8. The van der Waals surface area contributed by atoms with E-state index in [1.807, 2.05) is 0 Å². The minimum Gasteiger partial charge on any atom is -0.363 e. The van der Waals surface area contributed by atoms with Gasteiger partial charge >= 0.3 is 10.5 Å². The molecule has 0 atom stereocenters. The average molecular weight is 166 g/mol. The molecule has 0 saturated carbocycles. The second-order valence-electron chi connectivity index (χ2n) is 2.04. The third kappa shape index (κ3) is 2.34. The van der Waals surface area contributed by atoms with Gasteiger partial charge in [-0.15, -0.1) is 0 Å². The third-order valence-corrected chi connectivity index (χ3v) is 1.62. The number of hydrogen-bond acceptors (Lipinski definition) is 3. The first-order valence-corrected chi connectivity index (χ1v) is 4.22. The van der Waals surface area contributed by atoms with Crippen molar-refractivity contribution < 1.29 is 16.5 Å². The molecule has 10 heavy (non-hydrogen) atoms. The molecule has 5 heteroatoms. The zero-order chi connectivity index (χ0) is 7.61. The van der Waals surface area contributed by atoms with Crippen LogP contribution in [0.3, 0.4) is 0 Å². The van der Waals surface area contributed by atoms with Crippen molar-refractivity contribution in [1.82, 2.24) is 0 Å². The molecule has 0 amide bonds. The lowest BCUT2D eigenvalue weighted by atomic mass is 10.4. The Hall–Kier alpha value is -0.580. The summed E-state index contributed by atoms with van der Waals surface area (Å²) < 4.78 is 35.4. The Labute approximate surface area is 58.9 Å². The van der Waals surface area contributed by atoms with Crippen LogP contribution in [-0.4, -0.2) is 8.42 Å². The Morgan fingerprint density at radius 2 is 2.30 bits per heavy atom. The molecule has 0 spiro atoms. The summed E-state index contributed by atoms with van der Waals surface area (Å²) in [5.41, 5.74) is 0. The van der Waals surface area contributed by atoms with E-state index in [2.05, 4.69) is 4.18 Å². The van der Waals surface area contributed by atoms with Crippen molar-refractivity contribution in [3.8, 4) is 0 Å². The second-order valence-corrected chi connectivity index (χ2v) is 2.99. The quantitative estimate of drug-likeness (QED) is 0.580. The van der Waals surface area contributed by atoms with Gasteiger partial charge in [0.05, 0.1) is 0 Å². The summed E-state index contributed by atoms with van der Waals surface area (Å²) in [4.78, 5) is 0. The standard InChI is InChI=1S/C5H7FO3S/c6-10(7,8)9-5-3-1-2-4-5/h3H,1-2,4H2. The van der Waals surface area contributed by atoms with Crippen LogP contribution < -0.4 is 0 Å². The van der Waals surface area contributed by atoms with Crippen molar-refractivity contribution in [2.75, 3.05) is 0 Å². The highest BCUT2D eigenvalue weighted by Crippen LogP contribution is 2.20. The van der Waals surface area contributed by atoms with Crippen molar-refractivity contribution in [1.29, 1.82) is 0 Å². The molecule has 1 aliphatic rings. The fourth-order valence-corrected chi connectivity index (χ4v) is 1.25. The smallest absolute Gasteiger partial charge is 0.363 e. The maximum Gasteiger partial charge on any atom is 0.488 e. The molecule has 0 saturated heterocycles. The number of allylic oxidation sites excluding steroid dienone is 2. The third-order valence-electron chi connectivity index (χ3n) is 1.21. The lowest BCUT2D eigenvalue weighted by Gasteiger charge is -1.97. The Balaban J connectivity index is 2.54. The van der Waals surface area contributed by atoms with E-state index < -0.39 is 10.5 Å². The van der Waals surface area contributed by atoms with E-state index in [1.54, 1.807) is 6.08 Å². The van der Waals surface area contributed by atoms with E-state index in [9.17, 15) is 12.3 Å². The monoisotopic (exact) mass is 166 g/mol. The Kier molecular flexibility index (Phi) is 1.94. The van der Waals surface area contributed by atoms with Crippen molar-refractivity contribution >= 4 is 10.5 Å². The van der Waals surface area contributed by atoms with Gasteiger partial charge in [-0.25, -0.2) is 0 Å². The average Bonchev–Trinajstić information content (AvgIpc) is 2.12. The fourth-order valence-electron chi connectivity index (χ4n) is 0.845. The summed E-state index contributed by atoms with van der Waals surface area (Å²) in [7, 11) is -4.78. The highest BCUT2D eigenvalue weighted by molar-refractivity contribution is 7.81. The van der Waals surface area contributed by atoms with E-state index in [-0.39, 0.29) is 5.76 Å². The molecule has 0 aliphatic heterocycles. The first-order chi connectivity index (χ1) is 4.58. The van der Waals surface area contributed by atoms with Crippen LogP contribution in [0.5, 0.6) is 0 Å². The zero-order valence-electron chi connectivity index (χ0n) is 5.21. The van der Waals surface area contributed by atoms with Crippen molar-refractivity contribution in [2.24, 2.45) is 0 Å². The van der Waals surface area contributed by atoms with Gasteiger partial charge < -0.3 is 4.18 Å². The molecule has 0 N–H and O–H groups in total. The Morgan fingerprint density at radius 1 is 1.60 bits per heavy atom. The highest BCUT2D eigenvalue weighted by Gasteiger charge is 2.14. The van der Waals surface area contributed by atoms with Gasteiger partial charge in [-0.3, -0.25) is 0 Å². The molecule has 0 heterocycles. The summed E-state index contributed by atoms with van der Waals surface area (Å²) in [6, 6.07) is 0. The SMILES string of the molecule is O=S(=O)(F)OC1=CCCC1. The molecule has 1 rings (SSSR count). The minimum atomic E-state index is -4.78. The fraction of sp³-hybridized carbons (Fsp3) is 0.600. The van der Waals surface area contributed by atoms with Gasteiger partial charge in [0.25, 0.3) is 0 Å². The van der Waals surface area contributed by atoms with Crippen LogP contribution in [0.2, 0.25) is 0 Å². The van der Waals surface area contributed by atoms with E-state index in [0.717, 1.165) is 12.8 Å². The maximum absolute atomic E-state index is 11.8. The van der Waals surface area contributed by atoms with Crippen LogP contribution in [-0.2, 0) is 14.7 Å². The van der Waals surface area contributed by atoms with Gasteiger partial charge in [0.2, 0.25) is 0 Å². The molecule has 0 fully saturated rings. The summed E-state index contributed by atoms with van der Waals surface area (Å²) in [6.45, 7) is 0. The topological polar surface area (TPSA) is 43.4 Å². The van der Waals surface area contributed by atoms with Crippen LogP contribution in [0.4, 0.5) is 3.89 Å². The van der Waals surface area contributed by atoms with Crippen molar-refractivity contribution in [2.45, 2.75) is 19.3 Å². The largest absolute Gasteiger partial charge is 0.488 e. The number of halogens is 1. The van der Waals surface area contributed by atoms with Crippen LogP contribution in [0.1, 0.15) is 19.3 Å². The molecule has 0 bridgehead atoms. The molecule has 0 aromatic carbocycles. The highest BCUT2D eigenvalue weighted by atomic mass is 32.3. The number of hydrogen-bond donors (Lipinski definition) is 0. The predicted molar refractivity (Wildman–Crippen MR) is 33.0 cm³/mol. The molecule has 0 aromatic rings. The van der Waals surface area contributed by atoms with E-state index >= 15 is 0 Å².